The van der Waals surface area contributed by atoms with Gasteiger partial charge in [0.05, 0.1) is 0 Å². The van der Waals surface area contributed by atoms with Gasteiger partial charge in [-0.05, 0) is 43.2 Å². The van der Waals surface area contributed by atoms with Crippen molar-refractivity contribution in [2.45, 2.75) is 45.1 Å². The highest BCUT2D eigenvalue weighted by Crippen LogP contribution is 2.43. The van der Waals surface area contributed by atoms with Crippen molar-refractivity contribution < 1.29 is 4.79 Å². The van der Waals surface area contributed by atoms with Crippen molar-refractivity contribution in [3.05, 3.63) is 52.2 Å². The number of fused-ring (bicyclic) bond motifs is 4. The third-order valence-electron chi connectivity index (χ3n) is 5.86. The Bertz CT molecular complexity index is 840. The number of pyridine rings is 1. The van der Waals surface area contributed by atoms with Crippen LogP contribution in [0.1, 0.15) is 61.3 Å². The Kier molecular flexibility index (Phi) is 4.42. The number of likely N-dealkylation sites (tertiary alicyclic amines) is 1. The third-order valence-corrected chi connectivity index (χ3v) is 5.86. The lowest BCUT2D eigenvalue weighted by molar-refractivity contribution is 0.0508. The van der Waals surface area contributed by atoms with Gasteiger partial charge in [0.15, 0.2) is 0 Å². The van der Waals surface area contributed by atoms with Crippen molar-refractivity contribution >= 4 is 5.91 Å². The van der Waals surface area contributed by atoms with E-state index in [9.17, 15) is 9.59 Å². The zero-order valence-electron chi connectivity index (χ0n) is 15.4. The van der Waals surface area contributed by atoms with E-state index < -0.39 is 0 Å². The maximum absolute atomic E-state index is 12.8. The predicted molar refractivity (Wildman–Crippen MR) is 99.2 cm³/mol. The van der Waals surface area contributed by atoms with Crippen molar-refractivity contribution in [1.29, 1.82) is 0 Å². The smallest absolute Gasteiger partial charge is 0.271 e. The van der Waals surface area contributed by atoms with Crippen LogP contribution < -0.4 is 5.56 Å². The minimum Gasteiger partial charge on any atom is -0.336 e. The highest BCUT2D eigenvalue weighted by Gasteiger charge is 2.41. The topological polar surface area (TPSA) is 71.0 Å². The number of carbonyl (C=O) groups is 1. The van der Waals surface area contributed by atoms with E-state index in [0.29, 0.717) is 30.6 Å². The molecule has 2 aromatic heterocycles. The lowest BCUT2D eigenvalue weighted by Crippen LogP contribution is -2.51. The van der Waals surface area contributed by atoms with Crippen LogP contribution >= 0.6 is 0 Å². The third kappa shape index (κ3) is 2.97. The van der Waals surface area contributed by atoms with Gasteiger partial charge in [-0.15, -0.1) is 0 Å². The summed E-state index contributed by atoms with van der Waals surface area (Å²) in [5.41, 5.74) is 1.72. The first-order valence-electron chi connectivity index (χ1n) is 9.54. The SMILES string of the molecule is CC(C)CC[C@H]1[C@H]2C[C@H](CN(C(=O)c3ccn[nH]3)C2)c2cccc(=O)n21. The van der Waals surface area contributed by atoms with Gasteiger partial charge < -0.3 is 9.47 Å². The Hall–Kier alpha value is -2.37. The van der Waals surface area contributed by atoms with Crippen LogP contribution in [-0.2, 0) is 0 Å². The molecule has 1 saturated heterocycles. The molecule has 1 N–H and O–H groups in total. The fourth-order valence-electron chi connectivity index (χ4n) is 4.63. The number of nitrogens with one attached hydrogen (secondary N) is 1. The Morgan fingerprint density at radius 2 is 2.15 bits per heavy atom. The molecule has 4 rings (SSSR count). The van der Waals surface area contributed by atoms with Gasteiger partial charge in [-0.25, -0.2) is 0 Å². The number of carbonyl (C=O) groups excluding carboxylic acids is 1. The Labute approximate surface area is 153 Å². The number of piperidine rings is 1. The number of amides is 1. The van der Waals surface area contributed by atoms with E-state index in [1.54, 1.807) is 18.3 Å². The van der Waals surface area contributed by atoms with E-state index in [0.717, 1.165) is 25.0 Å². The van der Waals surface area contributed by atoms with Gasteiger partial charge in [0.2, 0.25) is 0 Å². The number of aromatic amines is 1. The fourth-order valence-corrected chi connectivity index (χ4v) is 4.63. The molecule has 138 valence electrons. The van der Waals surface area contributed by atoms with Gasteiger partial charge in [0, 0.05) is 43.0 Å². The Morgan fingerprint density at radius 3 is 2.88 bits per heavy atom. The van der Waals surface area contributed by atoms with Crippen LogP contribution in [0.4, 0.5) is 0 Å². The van der Waals surface area contributed by atoms with Gasteiger partial charge in [0.25, 0.3) is 11.5 Å². The first-order valence-corrected chi connectivity index (χ1v) is 9.54. The molecular weight excluding hydrogens is 328 g/mol. The summed E-state index contributed by atoms with van der Waals surface area (Å²) in [6, 6.07) is 7.48. The van der Waals surface area contributed by atoms with Crippen molar-refractivity contribution in [1.82, 2.24) is 19.7 Å². The summed E-state index contributed by atoms with van der Waals surface area (Å²) in [5, 5.41) is 6.69. The number of H-pyrrole nitrogens is 1. The van der Waals surface area contributed by atoms with Gasteiger partial charge in [-0.3, -0.25) is 14.7 Å². The van der Waals surface area contributed by atoms with Crippen LogP contribution in [0.15, 0.2) is 35.3 Å². The van der Waals surface area contributed by atoms with E-state index in [2.05, 4.69) is 30.1 Å². The van der Waals surface area contributed by atoms with E-state index in [-0.39, 0.29) is 23.4 Å². The zero-order chi connectivity index (χ0) is 18.3. The molecular formula is C20H26N4O2. The van der Waals surface area contributed by atoms with E-state index in [1.807, 2.05) is 15.5 Å². The Morgan fingerprint density at radius 1 is 1.31 bits per heavy atom. The summed E-state index contributed by atoms with van der Waals surface area (Å²) < 4.78 is 2.03. The lowest BCUT2D eigenvalue weighted by Gasteiger charge is -2.47. The van der Waals surface area contributed by atoms with Crippen LogP contribution in [0.2, 0.25) is 0 Å². The van der Waals surface area contributed by atoms with Gasteiger partial charge >= 0.3 is 0 Å². The first-order chi connectivity index (χ1) is 12.5. The number of hydrogen-bond donors (Lipinski definition) is 1. The van der Waals surface area contributed by atoms with Gasteiger partial charge in [-0.2, -0.15) is 5.10 Å². The lowest BCUT2D eigenvalue weighted by atomic mass is 9.76. The minimum atomic E-state index is 0.00605. The molecule has 2 aliphatic heterocycles. The molecule has 0 unspecified atom stereocenters. The fraction of sp³-hybridized carbons (Fsp3) is 0.550. The average molecular weight is 354 g/mol. The summed E-state index contributed by atoms with van der Waals surface area (Å²) in [7, 11) is 0. The first kappa shape index (κ1) is 17.1. The van der Waals surface area contributed by atoms with Crippen LogP contribution in [-0.4, -0.2) is 38.7 Å². The minimum absolute atomic E-state index is 0.00605. The van der Waals surface area contributed by atoms with Crippen molar-refractivity contribution in [2.75, 3.05) is 13.1 Å². The highest BCUT2D eigenvalue weighted by molar-refractivity contribution is 5.92. The van der Waals surface area contributed by atoms with E-state index in [4.69, 9.17) is 0 Å². The van der Waals surface area contributed by atoms with E-state index >= 15 is 0 Å². The molecule has 2 aromatic rings. The molecule has 26 heavy (non-hydrogen) atoms. The molecule has 0 aliphatic carbocycles. The molecule has 0 aromatic carbocycles. The molecule has 6 heteroatoms. The molecule has 0 saturated carbocycles. The van der Waals surface area contributed by atoms with Crippen LogP contribution in [0.3, 0.4) is 0 Å². The highest BCUT2D eigenvalue weighted by atomic mass is 16.2. The summed E-state index contributed by atoms with van der Waals surface area (Å²) in [4.78, 5) is 27.4. The molecule has 0 radical (unpaired) electrons. The monoisotopic (exact) mass is 354 g/mol. The van der Waals surface area contributed by atoms with Crippen LogP contribution in [0.5, 0.6) is 0 Å². The second-order valence-corrected chi connectivity index (χ2v) is 8.07. The largest absolute Gasteiger partial charge is 0.336 e. The molecule has 4 heterocycles. The van der Waals surface area contributed by atoms with Gasteiger partial charge in [0.1, 0.15) is 5.69 Å². The van der Waals surface area contributed by atoms with Crippen LogP contribution in [0.25, 0.3) is 0 Å². The summed E-state index contributed by atoms with van der Waals surface area (Å²) in [6.07, 6.45) is 4.73. The van der Waals surface area contributed by atoms with Crippen molar-refractivity contribution in [2.24, 2.45) is 11.8 Å². The second kappa shape index (κ2) is 6.74. The number of nitrogens with zero attached hydrogens (tertiary/aromatic N) is 3. The molecule has 2 aliphatic rings. The molecule has 6 nitrogen and oxygen atoms in total. The summed E-state index contributed by atoms with van der Waals surface area (Å²) >= 11 is 0. The molecule has 0 spiro atoms. The second-order valence-electron chi connectivity index (χ2n) is 8.07. The van der Waals surface area contributed by atoms with Gasteiger partial charge in [-0.1, -0.05) is 19.9 Å². The molecule has 2 bridgehead atoms. The average Bonchev–Trinajstić information content (AvgIpc) is 3.16. The van der Waals surface area contributed by atoms with E-state index in [1.165, 1.54) is 0 Å². The predicted octanol–water partition coefficient (Wildman–Crippen LogP) is 2.81. The molecule has 1 amide bonds. The van der Waals surface area contributed by atoms with Crippen molar-refractivity contribution in [3.63, 3.8) is 0 Å². The standard InChI is InChI=1S/C20H26N4O2/c1-13(2)6-7-18-15-10-14(17-4-3-5-19(25)24(17)18)11-23(12-15)20(26)16-8-9-21-22-16/h3-5,8-9,13-15,18H,6-7,10-12H2,1-2H3,(H,21,22)/t14-,15+,18+/m1/s1. The quantitative estimate of drug-likeness (QED) is 0.918. The number of hydrogen-bond acceptors (Lipinski definition) is 3. The normalized spacial score (nSPS) is 24.6. The summed E-state index contributed by atoms with van der Waals surface area (Å²) in [6.45, 7) is 5.80. The summed E-state index contributed by atoms with van der Waals surface area (Å²) in [5.74, 6) is 1.16. The molecule has 3 atom stereocenters. The molecule has 1 fully saturated rings. The Balaban J connectivity index is 1.67. The van der Waals surface area contributed by atoms with Crippen molar-refractivity contribution in [3.8, 4) is 0 Å². The maximum Gasteiger partial charge on any atom is 0.271 e. The number of aromatic nitrogens is 3. The van der Waals surface area contributed by atoms with Crippen LogP contribution in [0, 0.1) is 11.8 Å². The maximum atomic E-state index is 12.8. The zero-order valence-corrected chi connectivity index (χ0v) is 15.4. The number of rotatable bonds is 4.